The Bertz CT molecular complexity index is 1840. The normalized spacial score (nSPS) is 17.1. The molecule has 0 aliphatic carbocycles. The van der Waals surface area contributed by atoms with Crippen molar-refractivity contribution in [1.29, 1.82) is 0 Å². The van der Waals surface area contributed by atoms with E-state index in [0.717, 1.165) is 36.1 Å². The van der Waals surface area contributed by atoms with Crippen molar-refractivity contribution in [3.8, 4) is 5.75 Å². The number of aliphatic carboxylic acids is 1. The third-order valence-corrected chi connectivity index (χ3v) is 9.00. The van der Waals surface area contributed by atoms with E-state index in [1.807, 2.05) is 42.5 Å². The summed E-state index contributed by atoms with van der Waals surface area (Å²) in [5.74, 6) is -1.71. The fraction of sp³-hybridized carbons (Fsp3) is 0.333. The number of carboxylic acid groups (broad SMARTS) is 1. The van der Waals surface area contributed by atoms with Gasteiger partial charge in [0.05, 0.1) is 18.4 Å². The number of amides is 2. The van der Waals surface area contributed by atoms with Crippen molar-refractivity contribution < 1.29 is 37.2 Å². The molecule has 3 N–H and O–H groups in total. The zero-order chi connectivity index (χ0) is 32.8. The second kappa shape index (κ2) is 14.1. The van der Waals surface area contributed by atoms with Crippen LogP contribution in [-0.4, -0.2) is 69.0 Å². The van der Waals surface area contributed by atoms with E-state index in [0.29, 0.717) is 18.6 Å². The molecule has 2 heterocycles. The van der Waals surface area contributed by atoms with Crippen LogP contribution in [-0.2, 0) is 19.7 Å². The molecule has 4 aromatic rings. The van der Waals surface area contributed by atoms with Crippen LogP contribution in [0.15, 0.2) is 84.1 Å². The van der Waals surface area contributed by atoms with Gasteiger partial charge in [-0.2, -0.15) is 8.42 Å². The summed E-state index contributed by atoms with van der Waals surface area (Å²) >= 11 is 0. The molecule has 1 fully saturated rings. The third kappa shape index (κ3) is 7.54. The lowest BCUT2D eigenvalue weighted by Crippen LogP contribution is -2.44. The molecule has 2 amide bonds. The fourth-order valence-corrected chi connectivity index (χ4v) is 6.47. The summed E-state index contributed by atoms with van der Waals surface area (Å²) in [6.07, 6.45) is 6.37. The number of carbonyl (C=O) groups excluding carboxylic acids is 2. The first-order valence-electron chi connectivity index (χ1n) is 15.1. The Hall–Kier alpha value is -4.75. The smallest absolute Gasteiger partial charge is 0.326 e. The Labute approximate surface area is 266 Å². The molecule has 0 spiro atoms. The molecule has 0 saturated carbocycles. The Kier molecular flexibility index (Phi) is 10.0. The minimum Gasteiger partial charge on any atom is -0.488 e. The first kappa shape index (κ1) is 32.6. The van der Waals surface area contributed by atoms with E-state index < -0.39 is 51.0 Å². The third-order valence-electron chi connectivity index (χ3n) is 8.08. The highest BCUT2D eigenvalue weighted by molar-refractivity contribution is 7.86. The highest BCUT2D eigenvalue weighted by Crippen LogP contribution is 2.30. The van der Waals surface area contributed by atoms with Crippen molar-refractivity contribution in [3.05, 3.63) is 84.8 Å². The van der Waals surface area contributed by atoms with Crippen LogP contribution in [0.1, 0.15) is 61.8 Å². The van der Waals surface area contributed by atoms with Crippen LogP contribution < -0.4 is 10.1 Å². The van der Waals surface area contributed by atoms with Gasteiger partial charge < -0.3 is 24.6 Å². The summed E-state index contributed by atoms with van der Waals surface area (Å²) < 4.78 is 40.8. The van der Waals surface area contributed by atoms with Gasteiger partial charge in [-0.15, -0.1) is 0 Å². The molecule has 12 nitrogen and oxygen atoms in total. The van der Waals surface area contributed by atoms with Gasteiger partial charge in [-0.25, -0.2) is 9.78 Å². The standard InChI is InChI=1S/C33H36N4O8S/c1-2-3-4-5-13-27(36-20-30(34-21-36)35-31(38)26-12-8-9-14-29(26)46(42,43)44)32(39)37-19-25(18-28(37)33(40)41)45-24-16-15-22-10-6-7-11-23(22)17-24/h6-12,14-17,20-21,25,27-28H,2-5,13,18-19H2,1H3,(H,35,38)(H,40,41)(H,42,43,44)/t25-,27?,28-/m0/s1. The van der Waals surface area contributed by atoms with E-state index in [1.165, 1.54) is 40.2 Å². The molecule has 5 rings (SSSR count). The van der Waals surface area contributed by atoms with Crippen molar-refractivity contribution in [2.75, 3.05) is 11.9 Å². The van der Waals surface area contributed by atoms with E-state index in [2.05, 4.69) is 17.2 Å². The number of hydrogen-bond donors (Lipinski definition) is 3. The average molecular weight is 649 g/mol. The van der Waals surface area contributed by atoms with Crippen molar-refractivity contribution in [3.63, 3.8) is 0 Å². The summed E-state index contributed by atoms with van der Waals surface area (Å²) in [6.45, 7) is 2.16. The predicted molar refractivity (Wildman–Crippen MR) is 170 cm³/mol. The number of hydrogen-bond acceptors (Lipinski definition) is 7. The summed E-state index contributed by atoms with van der Waals surface area (Å²) in [5, 5.41) is 14.6. The molecular weight excluding hydrogens is 612 g/mol. The number of benzene rings is 3. The number of carboxylic acids is 1. The molecule has 13 heteroatoms. The first-order valence-corrected chi connectivity index (χ1v) is 16.6. The molecule has 242 valence electrons. The van der Waals surface area contributed by atoms with E-state index in [9.17, 15) is 32.5 Å². The second-order valence-electron chi connectivity index (χ2n) is 11.3. The van der Waals surface area contributed by atoms with E-state index in [4.69, 9.17) is 4.74 Å². The Balaban J connectivity index is 1.35. The number of aromatic nitrogens is 2. The maximum absolute atomic E-state index is 14.1. The zero-order valence-electron chi connectivity index (χ0n) is 25.3. The fourth-order valence-electron chi connectivity index (χ4n) is 5.78. The van der Waals surface area contributed by atoms with Crippen LogP contribution >= 0.6 is 0 Å². The van der Waals surface area contributed by atoms with E-state index in [1.54, 1.807) is 0 Å². The van der Waals surface area contributed by atoms with Gasteiger partial charge in [0.25, 0.3) is 16.0 Å². The van der Waals surface area contributed by atoms with Crippen LogP contribution in [0.5, 0.6) is 5.75 Å². The molecule has 0 radical (unpaired) electrons. The maximum Gasteiger partial charge on any atom is 0.326 e. The average Bonchev–Trinajstić information content (AvgIpc) is 3.68. The van der Waals surface area contributed by atoms with E-state index in [-0.39, 0.29) is 24.3 Å². The number of fused-ring (bicyclic) bond motifs is 1. The first-order chi connectivity index (χ1) is 22.0. The number of unbranched alkanes of at least 4 members (excludes halogenated alkanes) is 3. The van der Waals surface area contributed by atoms with Gasteiger partial charge >= 0.3 is 5.97 Å². The highest BCUT2D eigenvalue weighted by atomic mass is 32.2. The zero-order valence-corrected chi connectivity index (χ0v) is 26.1. The van der Waals surface area contributed by atoms with E-state index >= 15 is 0 Å². The lowest BCUT2D eigenvalue weighted by molar-refractivity contribution is -0.149. The molecule has 1 unspecified atom stereocenters. The van der Waals surface area contributed by atoms with Crippen molar-refractivity contribution in [2.45, 2.75) is 68.5 Å². The van der Waals surface area contributed by atoms with Crippen molar-refractivity contribution in [2.24, 2.45) is 0 Å². The number of anilines is 1. The number of ether oxygens (including phenoxy) is 1. The van der Waals surface area contributed by atoms with Gasteiger partial charge in [0.2, 0.25) is 5.91 Å². The summed E-state index contributed by atoms with van der Waals surface area (Å²) in [5.41, 5.74) is -0.273. The molecular formula is C33H36N4O8S. The Morgan fingerprint density at radius 3 is 2.50 bits per heavy atom. The van der Waals surface area contributed by atoms with Gasteiger partial charge in [-0.3, -0.25) is 14.1 Å². The lowest BCUT2D eigenvalue weighted by Gasteiger charge is -2.27. The number of likely N-dealkylation sites (tertiary alicyclic amines) is 1. The lowest BCUT2D eigenvalue weighted by atomic mass is 10.1. The van der Waals surface area contributed by atoms with Gasteiger partial charge in [0.1, 0.15) is 28.8 Å². The molecule has 46 heavy (non-hydrogen) atoms. The monoisotopic (exact) mass is 648 g/mol. The molecule has 3 aromatic carbocycles. The minimum atomic E-state index is -4.66. The largest absolute Gasteiger partial charge is 0.488 e. The molecule has 1 aliphatic heterocycles. The number of carbonyl (C=O) groups is 3. The van der Waals surface area contributed by atoms with Crippen LogP contribution in [0.4, 0.5) is 5.82 Å². The van der Waals surface area contributed by atoms with Crippen molar-refractivity contribution >= 4 is 44.5 Å². The summed E-state index contributed by atoms with van der Waals surface area (Å²) in [7, 11) is -4.66. The topological polar surface area (TPSA) is 168 Å². The number of rotatable bonds is 13. The van der Waals surface area contributed by atoms with Crippen molar-refractivity contribution in [1.82, 2.24) is 14.5 Å². The highest BCUT2D eigenvalue weighted by Gasteiger charge is 2.43. The second-order valence-corrected chi connectivity index (χ2v) is 12.7. The van der Waals surface area contributed by atoms with Crippen LogP contribution in [0, 0.1) is 0 Å². The van der Waals surface area contributed by atoms with Crippen LogP contribution in [0.25, 0.3) is 10.8 Å². The van der Waals surface area contributed by atoms with Gasteiger partial charge in [-0.1, -0.05) is 75.1 Å². The SMILES string of the molecule is CCCCCCC(C(=O)N1C[C@@H](Oc2ccc3ccccc3c2)C[C@H]1C(=O)O)n1cnc(NC(=O)c2ccccc2S(=O)(=O)O)c1. The number of nitrogens with one attached hydrogen (secondary N) is 1. The summed E-state index contributed by atoms with van der Waals surface area (Å²) in [4.78, 5) is 44.3. The molecule has 0 bridgehead atoms. The number of nitrogens with zero attached hydrogens (tertiary/aromatic N) is 3. The maximum atomic E-state index is 14.1. The molecule has 1 aromatic heterocycles. The summed E-state index contributed by atoms with van der Waals surface area (Å²) in [6, 6.07) is 16.8. The van der Waals surface area contributed by atoms with Crippen LogP contribution in [0.2, 0.25) is 0 Å². The number of imidazole rings is 1. The van der Waals surface area contributed by atoms with Gasteiger partial charge in [-0.05, 0) is 41.5 Å². The Morgan fingerprint density at radius 1 is 1.02 bits per heavy atom. The molecule has 1 aliphatic rings. The van der Waals surface area contributed by atoms with Gasteiger partial charge in [0, 0.05) is 12.6 Å². The minimum absolute atomic E-state index is 0.0511. The molecule has 1 saturated heterocycles. The Morgan fingerprint density at radius 2 is 1.76 bits per heavy atom. The molecule has 3 atom stereocenters. The quantitative estimate of drug-likeness (QED) is 0.131. The van der Waals surface area contributed by atoms with Crippen LogP contribution in [0.3, 0.4) is 0 Å². The van der Waals surface area contributed by atoms with Gasteiger partial charge in [0.15, 0.2) is 5.82 Å². The predicted octanol–water partition coefficient (Wildman–Crippen LogP) is 5.18.